The van der Waals surface area contributed by atoms with Crippen molar-refractivity contribution < 1.29 is 5.11 Å². The van der Waals surface area contributed by atoms with E-state index in [-0.39, 0.29) is 13.2 Å². The van der Waals surface area contributed by atoms with Gasteiger partial charge in [-0.2, -0.15) is 4.91 Å². The molecule has 0 aliphatic carbocycles. The smallest absolute Gasteiger partial charge is 0.101 e. The summed E-state index contributed by atoms with van der Waals surface area (Å²) < 4.78 is 0. The fourth-order valence-corrected chi connectivity index (χ4v) is 1.06. The molecule has 3 N–H and O–H groups in total. The Morgan fingerprint density at radius 1 is 1.50 bits per heavy atom. The molecule has 0 aromatic heterocycles. The molecule has 0 aliphatic heterocycles. The van der Waals surface area contributed by atoms with E-state index >= 15 is 0 Å². The van der Waals surface area contributed by atoms with E-state index in [2.05, 4.69) is 12.1 Å². The van der Waals surface area contributed by atoms with Crippen LogP contribution in [0.5, 0.6) is 0 Å². The van der Waals surface area contributed by atoms with Gasteiger partial charge in [-0.3, -0.25) is 0 Å². The zero-order valence-electron chi connectivity index (χ0n) is 7.62. The highest BCUT2D eigenvalue weighted by Crippen LogP contribution is 2.12. The Morgan fingerprint density at radius 2 is 2.17 bits per heavy atom. The second kappa shape index (κ2) is 6.08. The van der Waals surface area contributed by atoms with Crippen LogP contribution in [0.4, 0.5) is 0 Å². The molecule has 4 heteroatoms. The highest BCUT2D eigenvalue weighted by Gasteiger charge is 2.23. The first kappa shape index (κ1) is 11.5. The molecule has 0 aromatic rings. The number of aliphatic hydroxyl groups is 1. The minimum atomic E-state index is -0.781. The summed E-state index contributed by atoms with van der Waals surface area (Å²) in [6.07, 6.45) is 3.81. The maximum Gasteiger partial charge on any atom is 0.101 e. The third-order valence-corrected chi connectivity index (χ3v) is 1.97. The topological polar surface area (TPSA) is 75.7 Å². The number of unbranched alkanes of at least 4 members (excludes halogenated alkanes) is 2. The van der Waals surface area contributed by atoms with Crippen molar-refractivity contribution in [2.45, 2.75) is 38.1 Å². The van der Waals surface area contributed by atoms with Gasteiger partial charge in [0.15, 0.2) is 0 Å². The maximum absolute atomic E-state index is 9.97. The average Bonchev–Trinajstić information content (AvgIpc) is 2.06. The van der Waals surface area contributed by atoms with E-state index in [9.17, 15) is 4.91 Å². The summed E-state index contributed by atoms with van der Waals surface area (Å²) >= 11 is 0. The number of hydrogen-bond donors (Lipinski definition) is 2. The van der Waals surface area contributed by atoms with Gasteiger partial charge in [-0.1, -0.05) is 31.4 Å². The second-order valence-corrected chi connectivity index (χ2v) is 3.26. The molecule has 0 aliphatic rings. The molecular weight excluding hydrogens is 156 g/mol. The zero-order valence-corrected chi connectivity index (χ0v) is 7.62. The van der Waals surface area contributed by atoms with Gasteiger partial charge in [-0.25, -0.2) is 0 Å². The van der Waals surface area contributed by atoms with Gasteiger partial charge in [-0.05, 0) is 6.42 Å². The molecule has 0 radical (unpaired) electrons. The fourth-order valence-electron chi connectivity index (χ4n) is 1.06. The number of nitrogens with zero attached hydrogens (tertiary/aromatic N) is 1. The van der Waals surface area contributed by atoms with Gasteiger partial charge in [0.25, 0.3) is 0 Å². The predicted molar refractivity (Wildman–Crippen MR) is 48.8 cm³/mol. The minimum Gasteiger partial charge on any atom is -0.394 e. The van der Waals surface area contributed by atoms with Crippen molar-refractivity contribution in [1.29, 1.82) is 0 Å². The first-order valence-corrected chi connectivity index (χ1v) is 4.37. The first-order valence-electron chi connectivity index (χ1n) is 4.37. The molecular formula is C8H18N2O2. The normalized spacial score (nSPS) is 15.6. The van der Waals surface area contributed by atoms with Crippen LogP contribution in [0.2, 0.25) is 0 Å². The average molecular weight is 174 g/mol. The summed E-state index contributed by atoms with van der Waals surface area (Å²) in [6, 6.07) is 0. The molecule has 0 heterocycles. The van der Waals surface area contributed by atoms with Gasteiger partial charge < -0.3 is 10.8 Å². The van der Waals surface area contributed by atoms with E-state index in [0.717, 1.165) is 19.3 Å². The van der Waals surface area contributed by atoms with Crippen LogP contribution < -0.4 is 5.73 Å². The van der Waals surface area contributed by atoms with E-state index in [1.807, 2.05) is 0 Å². The molecule has 0 saturated heterocycles. The lowest BCUT2D eigenvalue weighted by molar-refractivity contribution is 0.189. The summed E-state index contributed by atoms with van der Waals surface area (Å²) in [5, 5.41) is 11.6. The Hall–Kier alpha value is -0.480. The van der Waals surface area contributed by atoms with Gasteiger partial charge >= 0.3 is 0 Å². The van der Waals surface area contributed by atoms with Crippen molar-refractivity contribution in [2.24, 2.45) is 10.9 Å². The number of rotatable bonds is 7. The third-order valence-electron chi connectivity index (χ3n) is 1.97. The zero-order chi connectivity index (χ0) is 9.45. The van der Waals surface area contributed by atoms with Crippen LogP contribution in [0.15, 0.2) is 5.18 Å². The molecule has 1 unspecified atom stereocenters. The summed E-state index contributed by atoms with van der Waals surface area (Å²) in [5.41, 5.74) is 4.92. The first-order chi connectivity index (χ1) is 5.68. The van der Waals surface area contributed by atoms with Crippen molar-refractivity contribution >= 4 is 0 Å². The largest absolute Gasteiger partial charge is 0.394 e. The van der Waals surface area contributed by atoms with E-state index in [4.69, 9.17) is 10.8 Å². The Balaban J connectivity index is 3.70. The molecule has 72 valence electrons. The Bertz CT molecular complexity index is 130. The SMILES string of the molecule is CCCCCC(N)(CO)CN=O. The van der Waals surface area contributed by atoms with Gasteiger partial charge in [0.05, 0.1) is 12.1 Å². The molecule has 0 saturated carbocycles. The van der Waals surface area contributed by atoms with E-state index in [1.54, 1.807) is 0 Å². The molecule has 0 fully saturated rings. The highest BCUT2D eigenvalue weighted by molar-refractivity contribution is 4.85. The summed E-state index contributed by atoms with van der Waals surface area (Å²) in [7, 11) is 0. The lowest BCUT2D eigenvalue weighted by Gasteiger charge is -2.23. The van der Waals surface area contributed by atoms with E-state index < -0.39 is 5.54 Å². The van der Waals surface area contributed by atoms with Crippen molar-refractivity contribution in [1.82, 2.24) is 0 Å². The van der Waals surface area contributed by atoms with Gasteiger partial charge in [0.2, 0.25) is 0 Å². The van der Waals surface area contributed by atoms with Crippen LogP contribution in [0.1, 0.15) is 32.6 Å². The quantitative estimate of drug-likeness (QED) is 0.447. The summed E-state index contributed by atoms with van der Waals surface area (Å²) in [5.74, 6) is 0. The molecule has 1 atom stereocenters. The van der Waals surface area contributed by atoms with Gasteiger partial charge in [0, 0.05) is 0 Å². The summed E-state index contributed by atoms with van der Waals surface area (Å²) in [4.78, 5) is 9.97. The standard InChI is InChI=1S/C8H18N2O2/c1-2-3-4-5-8(9,7-11)6-10-12/h11H,2-7,9H2,1H3. The molecule has 12 heavy (non-hydrogen) atoms. The third kappa shape index (κ3) is 4.41. The summed E-state index contributed by atoms with van der Waals surface area (Å²) in [6.45, 7) is 1.94. The number of nitroso groups, excluding NO2 is 1. The van der Waals surface area contributed by atoms with E-state index in [1.165, 1.54) is 0 Å². The monoisotopic (exact) mass is 174 g/mol. The number of nitrogens with two attached hydrogens (primary N) is 1. The van der Waals surface area contributed by atoms with Crippen LogP contribution in [-0.4, -0.2) is 23.8 Å². The number of aliphatic hydroxyl groups excluding tert-OH is 1. The molecule has 4 nitrogen and oxygen atoms in total. The van der Waals surface area contributed by atoms with Crippen LogP contribution in [0.3, 0.4) is 0 Å². The second-order valence-electron chi connectivity index (χ2n) is 3.26. The predicted octanol–water partition coefficient (Wildman–Crippen LogP) is 1.02. The van der Waals surface area contributed by atoms with Crippen LogP contribution in [0, 0.1) is 4.91 Å². The molecule has 0 aromatic carbocycles. The lowest BCUT2D eigenvalue weighted by atomic mass is 9.94. The van der Waals surface area contributed by atoms with Crippen molar-refractivity contribution in [3.8, 4) is 0 Å². The Labute approximate surface area is 73.1 Å². The lowest BCUT2D eigenvalue weighted by Crippen LogP contribution is -2.46. The van der Waals surface area contributed by atoms with Gasteiger partial charge in [0.1, 0.15) is 6.54 Å². The molecule has 0 amide bonds. The fraction of sp³-hybridized carbons (Fsp3) is 1.00. The van der Waals surface area contributed by atoms with E-state index in [0.29, 0.717) is 6.42 Å². The van der Waals surface area contributed by atoms with Gasteiger partial charge in [-0.15, -0.1) is 0 Å². The Kier molecular flexibility index (Phi) is 5.84. The van der Waals surface area contributed by atoms with Crippen LogP contribution in [0.25, 0.3) is 0 Å². The number of hydrogen-bond acceptors (Lipinski definition) is 4. The highest BCUT2D eigenvalue weighted by atomic mass is 16.3. The van der Waals surface area contributed by atoms with Crippen molar-refractivity contribution in [3.63, 3.8) is 0 Å². The maximum atomic E-state index is 9.97. The minimum absolute atomic E-state index is 0.00716. The van der Waals surface area contributed by atoms with Crippen LogP contribution >= 0.6 is 0 Å². The van der Waals surface area contributed by atoms with Crippen LogP contribution in [-0.2, 0) is 0 Å². The molecule has 0 rings (SSSR count). The van der Waals surface area contributed by atoms with Crippen molar-refractivity contribution in [3.05, 3.63) is 4.91 Å². The molecule has 0 spiro atoms. The van der Waals surface area contributed by atoms with Crippen molar-refractivity contribution in [2.75, 3.05) is 13.2 Å². The molecule has 0 bridgehead atoms. The Morgan fingerprint density at radius 3 is 2.58 bits per heavy atom.